The second kappa shape index (κ2) is 11.6. The molecule has 10 heteroatoms. The predicted molar refractivity (Wildman–Crippen MR) is 135 cm³/mol. The Morgan fingerprint density at radius 3 is 2.54 bits per heavy atom. The van der Waals surface area contributed by atoms with Crippen molar-refractivity contribution < 1.29 is 13.2 Å². The molecule has 0 radical (unpaired) electrons. The van der Waals surface area contributed by atoms with Crippen LogP contribution in [0.1, 0.15) is 63.9 Å². The molecule has 1 aromatic rings. The number of aliphatic imine (C=N–C) groups is 2. The first kappa shape index (κ1) is 25.8. The highest BCUT2D eigenvalue weighted by Crippen LogP contribution is 2.36. The number of anilines is 1. The summed E-state index contributed by atoms with van der Waals surface area (Å²) in [5.74, 6) is 0.785. The molecule has 35 heavy (non-hydrogen) atoms. The van der Waals surface area contributed by atoms with Gasteiger partial charge in [-0.1, -0.05) is 44.7 Å². The molecule has 2 atom stereocenters. The Labute approximate surface area is 206 Å². The van der Waals surface area contributed by atoms with E-state index in [4.69, 9.17) is 4.99 Å². The molecule has 2 aliphatic heterocycles. The summed E-state index contributed by atoms with van der Waals surface area (Å²) in [4.78, 5) is 13.2. The Kier molecular flexibility index (Phi) is 8.54. The van der Waals surface area contributed by atoms with Gasteiger partial charge in [0.1, 0.15) is 0 Å². The molecular weight excluding hydrogens is 455 g/mol. The molecule has 1 aromatic carbocycles. The van der Waals surface area contributed by atoms with Crippen LogP contribution in [-0.2, 0) is 6.18 Å². The molecule has 0 amide bonds. The maximum absolute atomic E-state index is 13.7. The van der Waals surface area contributed by atoms with Crippen molar-refractivity contribution in [3.05, 3.63) is 29.8 Å². The monoisotopic (exact) mass is 493 g/mol. The van der Waals surface area contributed by atoms with Crippen LogP contribution < -0.4 is 20.9 Å². The highest BCUT2D eigenvalue weighted by atomic mass is 19.4. The summed E-state index contributed by atoms with van der Waals surface area (Å²) in [5, 5.41) is 10.2. The summed E-state index contributed by atoms with van der Waals surface area (Å²) in [5.41, 5.74) is -0.643. The van der Waals surface area contributed by atoms with Crippen molar-refractivity contribution in [2.45, 2.75) is 82.8 Å². The standard InChI is InChI=1S/C25H38F3N7/c1-3-35-16-10-13-19(35)17-29-22-31-23(30-18-11-6-4-5-7-12-18)33-24(32-22)34(2)21-15-9-8-14-20(21)25(26,27)28/h8-9,14-15,18-19,23,30H,3-7,10-13,16-17H2,1-2H3,(H2,29,31,32,33). The van der Waals surface area contributed by atoms with Gasteiger partial charge in [-0.15, -0.1) is 0 Å². The van der Waals surface area contributed by atoms with E-state index in [-0.39, 0.29) is 5.69 Å². The summed E-state index contributed by atoms with van der Waals surface area (Å²) < 4.78 is 41.1. The first-order valence-electron chi connectivity index (χ1n) is 12.9. The third-order valence-corrected chi connectivity index (χ3v) is 7.27. The lowest BCUT2D eigenvalue weighted by molar-refractivity contribution is -0.137. The topological polar surface area (TPSA) is 67.3 Å². The summed E-state index contributed by atoms with van der Waals surface area (Å²) in [6.07, 6.45) is 4.35. The molecule has 7 nitrogen and oxygen atoms in total. The molecule has 4 rings (SSSR count). The number of halogens is 3. The van der Waals surface area contributed by atoms with Gasteiger partial charge in [-0.3, -0.25) is 10.2 Å². The number of alkyl halides is 3. The molecule has 2 heterocycles. The third kappa shape index (κ3) is 6.67. The Hall–Kier alpha value is -2.33. The fraction of sp³-hybridized carbons (Fsp3) is 0.680. The van der Waals surface area contributed by atoms with Gasteiger partial charge in [0.05, 0.1) is 11.3 Å². The molecule has 1 aliphatic carbocycles. The summed E-state index contributed by atoms with van der Waals surface area (Å²) in [6, 6.07) is 6.31. The van der Waals surface area contributed by atoms with E-state index in [9.17, 15) is 13.2 Å². The van der Waals surface area contributed by atoms with Gasteiger partial charge >= 0.3 is 6.18 Å². The maximum atomic E-state index is 13.7. The van der Waals surface area contributed by atoms with Crippen LogP contribution in [0.15, 0.2) is 34.3 Å². The molecule has 2 fully saturated rings. The summed E-state index contributed by atoms with van der Waals surface area (Å²) >= 11 is 0. The number of para-hydroxylation sites is 1. The van der Waals surface area contributed by atoms with E-state index in [1.807, 2.05) is 0 Å². The third-order valence-electron chi connectivity index (χ3n) is 7.27. The van der Waals surface area contributed by atoms with Crippen molar-refractivity contribution in [3.8, 4) is 0 Å². The van der Waals surface area contributed by atoms with E-state index in [1.165, 1.54) is 49.1 Å². The van der Waals surface area contributed by atoms with Gasteiger partial charge in [0.2, 0.25) is 11.9 Å². The lowest BCUT2D eigenvalue weighted by Crippen LogP contribution is -2.56. The van der Waals surface area contributed by atoms with E-state index >= 15 is 0 Å². The number of likely N-dealkylation sites (tertiary alicyclic amines) is 1. The van der Waals surface area contributed by atoms with Gasteiger partial charge in [0.25, 0.3) is 0 Å². The van der Waals surface area contributed by atoms with Crippen molar-refractivity contribution in [3.63, 3.8) is 0 Å². The predicted octanol–water partition coefficient (Wildman–Crippen LogP) is 4.13. The van der Waals surface area contributed by atoms with Crippen LogP contribution in [0, 0.1) is 0 Å². The number of nitrogens with one attached hydrogen (secondary N) is 3. The number of likely N-dealkylation sites (N-methyl/N-ethyl adjacent to an activating group) is 1. The summed E-state index contributed by atoms with van der Waals surface area (Å²) in [7, 11) is 1.61. The van der Waals surface area contributed by atoms with E-state index < -0.39 is 18.0 Å². The van der Waals surface area contributed by atoms with Crippen molar-refractivity contribution in [2.24, 2.45) is 9.98 Å². The van der Waals surface area contributed by atoms with Gasteiger partial charge in [-0.25, -0.2) is 4.99 Å². The summed E-state index contributed by atoms with van der Waals surface area (Å²) in [6.45, 7) is 4.96. The molecule has 3 aliphatic rings. The van der Waals surface area contributed by atoms with Crippen molar-refractivity contribution in [1.29, 1.82) is 0 Å². The molecular formula is C25H38F3N7. The van der Waals surface area contributed by atoms with Gasteiger partial charge in [-0.05, 0) is 50.9 Å². The molecule has 1 saturated heterocycles. The smallest absolute Gasteiger partial charge is 0.353 e. The van der Waals surface area contributed by atoms with Crippen LogP contribution in [0.3, 0.4) is 0 Å². The molecule has 1 saturated carbocycles. The molecule has 194 valence electrons. The van der Waals surface area contributed by atoms with Gasteiger partial charge in [-0.2, -0.15) is 18.2 Å². The lowest BCUT2D eigenvalue weighted by atomic mass is 10.1. The maximum Gasteiger partial charge on any atom is 0.418 e. The lowest BCUT2D eigenvalue weighted by Gasteiger charge is -2.32. The van der Waals surface area contributed by atoms with Gasteiger partial charge < -0.3 is 15.5 Å². The Bertz CT molecular complexity index is 893. The van der Waals surface area contributed by atoms with Crippen molar-refractivity contribution in [1.82, 2.24) is 20.9 Å². The number of hydrogen-bond acceptors (Lipinski definition) is 7. The zero-order valence-corrected chi connectivity index (χ0v) is 20.7. The second-order valence-corrected chi connectivity index (χ2v) is 9.67. The first-order chi connectivity index (χ1) is 16.8. The minimum atomic E-state index is -4.46. The minimum absolute atomic E-state index is 0.0497. The van der Waals surface area contributed by atoms with Crippen molar-refractivity contribution >= 4 is 17.6 Å². The highest BCUT2D eigenvalue weighted by molar-refractivity contribution is 6.05. The zero-order chi connectivity index (χ0) is 24.8. The normalized spacial score (nSPS) is 24.4. The van der Waals surface area contributed by atoms with Crippen LogP contribution in [0.2, 0.25) is 0 Å². The van der Waals surface area contributed by atoms with Crippen LogP contribution in [0.25, 0.3) is 0 Å². The highest BCUT2D eigenvalue weighted by Gasteiger charge is 2.35. The SMILES string of the molecule is CCN1CCCC1CNC1=NC(NC2CCCCCC2)NC(N(C)c2ccccc2C(F)(F)F)=N1. The van der Waals surface area contributed by atoms with Gasteiger partial charge in [0.15, 0.2) is 6.29 Å². The van der Waals surface area contributed by atoms with Crippen molar-refractivity contribution in [2.75, 3.05) is 31.6 Å². The number of benzene rings is 1. The fourth-order valence-electron chi connectivity index (χ4n) is 5.32. The van der Waals surface area contributed by atoms with E-state index in [2.05, 4.69) is 32.8 Å². The fourth-order valence-corrected chi connectivity index (χ4v) is 5.32. The first-order valence-corrected chi connectivity index (χ1v) is 12.9. The average Bonchev–Trinajstić information content (AvgIpc) is 3.16. The number of rotatable bonds is 6. The minimum Gasteiger partial charge on any atom is -0.353 e. The van der Waals surface area contributed by atoms with Crippen LogP contribution >= 0.6 is 0 Å². The number of nitrogens with zero attached hydrogens (tertiary/aromatic N) is 4. The van der Waals surface area contributed by atoms with E-state index in [0.717, 1.165) is 38.4 Å². The van der Waals surface area contributed by atoms with E-state index in [1.54, 1.807) is 13.1 Å². The molecule has 3 N–H and O–H groups in total. The molecule has 0 bridgehead atoms. The molecule has 0 aromatic heterocycles. The Morgan fingerprint density at radius 2 is 1.83 bits per heavy atom. The molecule has 2 unspecified atom stereocenters. The van der Waals surface area contributed by atoms with E-state index in [0.29, 0.717) is 30.5 Å². The number of guanidine groups is 2. The Morgan fingerprint density at radius 1 is 1.09 bits per heavy atom. The Balaban J connectivity index is 1.54. The molecule has 0 spiro atoms. The number of hydrogen-bond donors (Lipinski definition) is 3. The van der Waals surface area contributed by atoms with Crippen LogP contribution in [0.4, 0.5) is 18.9 Å². The van der Waals surface area contributed by atoms with Crippen LogP contribution in [-0.4, -0.2) is 61.9 Å². The zero-order valence-electron chi connectivity index (χ0n) is 20.7. The average molecular weight is 494 g/mol. The van der Waals surface area contributed by atoms with Crippen LogP contribution in [0.5, 0.6) is 0 Å². The van der Waals surface area contributed by atoms with Gasteiger partial charge in [0, 0.05) is 25.7 Å². The quantitative estimate of drug-likeness (QED) is 0.520. The second-order valence-electron chi connectivity index (χ2n) is 9.67. The largest absolute Gasteiger partial charge is 0.418 e.